The summed E-state index contributed by atoms with van der Waals surface area (Å²) >= 11 is 12.2. The van der Waals surface area contributed by atoms with Crippen molar-refractivity contribution in [3.05, 3.63) is 74.8 Å². The Kier molecular flexibility index (Phi) is 7.12. The maximum atomic E-state index is 12.4. The van der Waals surface area contributed by atoms with Crippen LogP contribution in [0.25, 0.3) is 6.08 Å². The molecule has 158 valence electrons. The number of furan rings is 1. The molecular weight excluding hydrogens is 520 g/mol. The van der Waals surface area contributed by atoms with Crippen molar-refractivity contribution in [1.29, 1.82) is 0 Å². The maximum absolute atomic E-state index is 12.4. The first-order chi connectivity index (χ1) is 15.0. The van der Waals surface area contributed by atoms with Gasteiger partial charge in [-0.1, -0.05) is 23.4 Å². The second-order valence-electron chi connectivity index (χ2n) is 6.25. The molecule has 2 heterocycles. The number of carbonyl (C=O) groups excluding carboxylic acids is 1. The van der Waals surface area contributed by atoms with Gasteiger partial charge in [-0.05, 0) is 89.2 Å². The molecule has 0 radical (unpaired) electrons. The zero-order valence-corrected chi connectivity index (χ0v) is 20.2. The molecule has 1 amide bonds. The standard InChI is InChI=1S/C22H16BrClN2O3S2/c1-2-28-15-7-5-14(6-8-15)25-22-26-20(27)19(31-22)12-16-11-18(23)21(29-16)30-17-9-3-13(24)4-10-17/h3-12H,2H2,1H3,(H,25,26,27)/b19-12-. The van der Waals surface area contributed by atoms with Crippen molar-refractivity contribution in [2.75, 3.05) is 6.61 Å². The van der Waals surface area contributed by atoms with E-state index in [-0.39, 0.29) is 5.91 Å². The first-order valence-electron chi connectivity index (χ1n) is 9.25. The molecule has 0 unspecified atom stereocenters. The molecular formula is C22H16BrClN2O3S2. The zero-order valence-electron chi connectivity index (χ0n) is 16.2. The Morgan fingerprint density at radius 2 is 1.97 bits per heavy atom. The Morgan fingerprint density at radius 1 is 1.23 bits per heavy atom. The number of hydrogen-bond acceptors (Lipinski definition) is 6. The number of rotatable bonds is 6. The molecule has 0 atom stereocenters. The van der Waals surface area contributed by atoms with Crippen LogP contribution < -0.4 is 10.1 Å². The largest absolute Gasteiger partial charge is 0.494 e. The van der Waals surface area contributed by atoms with Gasteiger partial charge in [0.25, 0.3) is 5.91 Å². The summed E-state index contributed by atoms with van der Waals surface area (Å²) in [6.45, 7) is 2.54. The van der Waals surface area contributed by atoms with E-state index in [1.807, 2.05) is 61.5 Å². The summed E-state index contributed by atoms with van der Waals surface area (Å²) in [7, 11) is 0. The third kappa shape index (κ3) is 5.77. The highest BCUT2D eigenvalue weighted by atomic mass is 79.9. The first-order valence-corrected chi connectivity index (χ1v) is 12.1. The highest BCUT2D eigenvalue weighted by Gasteiger charge is 2.24. The highest BCUT2D eigenvalue weighted by molar-refractivity contribution is 9.10. The summed E-state index contributed by atoms with van der Waals surface area (Å²) in [6, 6.07) is 16.7. The van der Waals surface area contributed by atoms with Gasteiger partial charge in [0.05, 0.1) is 21.7 Å². The second kappa shape index (κ2) is 9.99. The van der Waals surface area contributed by atoms with Crippen LogP contribution in [0.1, 0.15) is 12.7 Å². The van der Waals surface area contributed by atoms with Gasteiger partial charge >= 0.3 is 0 Å². The van der Waals surface area contributed by atoms with E-state index in [4.69, 9.17) is 20.8 Å². The van der Waals surface area contributed by atoms with Crippen molar-refractivity contribution < 1.29 is 13.9 Å². The summed E-state index contributed by atoms with van der Waals surface area (Å²) in [5.74, 6) is 1.14. The number of halogens is 2. The molecule has 0 aliphatic carbocycles. The van der Waals surface area contributed by atoms with Gasteiger partial charge in [-0.2, -0.15) is 0 Å². The minimum absolute atomic E-state index is 0.214. The van der Waals surface area contributed by atoms with Gasteiger partial charge in [0.15, 0.2) is 10.3 Å². The Labute approximate surface area is 201 Å². The van der Waals surface area contributed by atoms with E-state index in [1.54, 1.807) is 6.08 Å². The number of benzene rings is 2. The third-order valence-corrected chi connectivity index (χ3v) is 7.01. The molecule has 9 heteroatoms. The van der Waals surface area contributed by atoms with Crippen LogP contribution in [-0.2, 0) is 4.79 Å². The monoisotopic (exact) mass is 534 g/mol. The molecule has 0 spiro atoms. The van der Waals surface area contributed by atoms with Gasteiger partial charge < -0.3 is 14.5 Å². The van der Waals surface area contributed by atoms with Crippen LogP contribution in [0.2, 0.25) is 5.02 Å². The zero-order chi connectivity index (χ0) is 21.8. The molecule has 1 saturated heterocycles. The van der Waals surface area contributed by atoms with E-state index < -0.39 is 0 Å². The van der Waals surface area contributed by atoms with Crippen molar-refractivity contribution in [3.8, 4) is 5.75 Å². The first kappa shape index (κ1) is 22.1. The van der Waals surface area contributed by atoms with Crippen LogP contribution in [-0.4, -0.2) is 17.7 Å². The predicted molar refractivity (Wildman–Crippen MR) is 130 cm³/mol. The van der Waals surface area contributed by atoms with Gasteiger partial charge in [0.2, 0.25) is 0 Å². The predicted octanol–water partition coefficient (Wildman–Crippen LogP) is 7.14. The van der Waals surface area contributed by atoms with Crippen molar-refractivity contribution in [2.24, 2.45) is 4.99 Å². The Balaban J connectivity index is 1.47. The molecule has 0 bridgehead atoms. The van der Waals surface area contributed by atoms with Crippen LogP contribution in [0.15, 0.2) is 83.4 Å². The fraction of sp³-hybridized carbons (Fsp3) is 0.0909. The Morgan fingerprint density at radius 3 is 2.68 bits per heavy atom. The van der Waals surface area contributed by atoms with Crippen LogP contribution in [0, 0.1) is 0 Å². The number of amides is 1. The average Bonchev–Trinajstić information content (AvgIpc) is 3.27. The molecule has 1 aliphatic heterocycles. The smallest absolute Gasteiger partial charge is 0.264 e. The highest BCUT2D eigenvalue weighted by Crippen LogP contribution is 2.38. The molecule has 1 N–H and O–H groups in total. The lowest BCUT2D eigenvalue weighted by Crippen LogP contribution is -2.19. The van der Waals surface area contributed by atoms with E-state index >= 15 is 0 Å². The number of hydrogen-bond donors (Lipinski definition) is 1. The lowest BCUT2D eigenvalue weighted by molar-refractivity contribution is -0.115. The van der Waals surface area contributed by atoms with E-state index in [0.29, 0.717) is 32.6 Å². The van der Waals surface area contributed by atoms with E-state index in [1.165, 1.54) is 23.5 Å². The van der Waals surface area contributed by atoms with Gasteiger partial charge in [0, 0.05) is 16.0 Å². The molecule has 1 aliphatic rings. The molecule has 1 aromatic heterocycles. The molecule has 0 saturated carbocycles. The topological polar surface area (TPSA) is 63.8 Å². The van der Waals surface area contributed by atoms with E-state index in [0.717, 1.165) is 20.8 Å². The number of thioether (sulfide) groups is 1. The normalized spacial score (nSPS) is 16.2. The SMILES string of the molecule is CCOc1ccc(N=C2NC(=O)/C(=C/c3cc(Br)c(Sc4ccc(Cl)cc4)o3)S2)cc1. The van der Waals surface area contributed by atoms with Crippen LogP contribution in [0.3, 0.4) is 0 Å². The number of aliphatic imine (C=N–C) groups is 1. The number of ether oxygens (including phenoxy) is 1. The number of carbonyl (C=O) groups is 1. The van der Waals surface area contributed by atoms with Crippen molar-refractivity contribution in [1.82, 2.24) is 5.32 Å². The summed E-state index contributed by atoms with van der Waals surface area (Å²) in [4.78, 5) is 18.3. The van der Waals surface area contributed by atoms with Crippen molar-refractivity contribution >= 4 is 73.9 Å². The van der Waals surface area contributed by atoms with Crippen molar-refractivity contribution in [2.45, 2.75) is 16.9 Å². The number of amidine groups is 1. The minimum Gasteiger partial charge on any atom is -0.494 e. The fourth-order valence-corrected chi connectivity index (χ4v) is 4.91. The number of nitrogens with one attached hydrogen (secondary N) is 1. The van der Waals surface area contributed by atoms with Crippen molar-refractivity contribution in [3.63, 3.8) is 0 Å². The second-order valence-corrected chi connectivity index (χ2v) is 9.62. The average molecular weight is 536 g/mol. The molecule has 31 heavy (non-hydrogen) atoms. The molecule has 3 aromatic rings. The lowest BCUT2D eigenvalue weighted by Gasteiger charge is -2.02. The summed E-state index contributed by atoms with van der Waals surface area (Å²) in [5.41, 5.74) is 0.731. The molecule has 2 aromatic carbocycles. The molecule has 1 fully saturated rings. The van der Waals surface area contributed by atoms with Gasteiger partial charge in [-0.3, -0.25) is 4.79 Å². The van der Waals surface area contributed by atoms with Gasteiger partial charge in [-0.15, -0.1) is 0 Å². The number of nitrogens with zero attached hydrogens (tertiary/aromatic N) is 1. The van der Waals surface area contributed by atoms with Gasteiger partial charge in [-0.25, -0.2) is 4.99 Å². The lowest BCUT2D eigenvalue weighted by atomic mass is 10.3. The third-order valence-electron chi connectivity index (χ3n) is 4.00. The molecule has 5 nitrogen and oxygen atoms in total. The van der Waals surface area contributed by atoms with Crippen LogP contribution in [0.5, 0.6) is 5.75 Å². The van der Waals surface area contributed by atoms with Crippen LogP contribution >= 0.6 is 51.1 Å². The summed E-state index contributed by atoms with van der Waals surface area (Å²) < 4.78 is 12.2. The summed E-state index contributed by atoms with van der Waals surface area (Å²) in [6.07, 6.45) is 1.71. The van der Waals surface area contributed by atoms with Crippen LogP contribution in [0.4, 0.5) is 5.69 Å². The van der Waals surface area contributed by atoms with E-state index in [9.17, 15) is 4.79 Å². The Hall–Kier alpha value is -2.13. The fourth-order valence-electron chi connectivity index (χ4n) is 2.63. The minimum atomic E-state index is -0.214. The Bertz CT molecular complexity index is 1160. The summed E-state index contributed by atoms with van der Waals surface area (Å²) in [5, 5.41) is 4.67. The van der Waals surface area contributed by atoms with Gasteiger partial charge in [0.1, 0.15) is 11.5 Å². The van der Waals surface area contributed by atoms with E-state index in [2.05, 4.69) is 26.2 Å². The molecule has 4 rings (SSSR count). The quantitative estimate of drug-likeness (QED) is 0.340. The maximum Gasteiger partial charge on any atom is 0.264 e.